The molecule has 0 fully saturated rings. The second kappa shape index (κ2) is 8.12. The van der Waals surface area contributed by atoms with Crippen LogP contribution in [0.15, 0.2) is 24.3 Å². The fourth-order valence-corrected chi connectivity index (χ4v) is 2.58. The molecule has 1 aromatic carbocycles. The lowest BCUT2D eigenvalue weighted by molar-refractivity contribution is -0.135. The molecule has 0 aliphatic carbocycles. The van der Waals surface area contributed by atoms with Crippen molar-refractivity contribution in [1.82, 2.24) is 10.2 Å². The number of rotatable bonds is 7. The predicted molar refractivity (Wildman–Crippen MR) is 81.1 cm³/mol. The summed E-state index contributed by atoms with van der Waals surface area (Å²) in [5.74, 6) is 0.124. The summed E-state index contributed by atoms with van der Waals surface area (Å²) in [4.78, 5) is 14.5. The molecule has 1 aliphatic heterocycles. The molecule has 0 saturated heterocycles. The van der Waals surface area contributed by atoms with Gasteiger partial charge in [0.2, 0.25) is 5.91 Å². The van der Waals surface area contributed by atoms with Gasteiger partial charge >= 0.3 is 0 Å². The summed E-state index contributed by atoms with van der Waals surface area (Å²) in [5.41, 5.74) is 2.54. The number of hydrogen-bond acceptors (Lipinski definition) is 4. The molecular formula is C16H24N2O3. The quantitative estimate of drug-likeness (QED) is 0.808. The van der Waals surface area contributed by atoms with E-state index in [1.807, 2.05) is 17.0 Å². The average Bonchev–Trinajstić information content (AvgIpc) is 2.54. The van der Waals surface area contributed by atoms with Gasteiger partial charge in [-0.15, -0.1) is 0 Å². The Bertz CT molecular complexity index is 457. The Kier molecular flexibility index (Phi) is 6.17. The van der Waals surface area contributed by atoms with Gasteiger partial charge in [0, 0.05) is 33.9 Å². The van der Waals surface area contributed by atoms with Crippen LogP contribution < -0.4 is 5.32 Å². The number of benzene rings is 1. The summed E-state index contributed by atoms with van der Waals surface area (Å²) in [5, 5.41) is 3.34. The Labute approximate surface area is 126 Å². The molecule has 1 heterocycles. The van der Waals surface area contributed by atoms with Gasteiger partial charge in [-0.3, -0.25) is 4.79 Å². The van der Waals surface area contributed by atoms with E-state index in [0.29, 0.717) is 26.3 Å². The second-order valence-electron chi connectivity index (χ2n) is 5.22. The Morgan fingerprint density at radius 1 is 1.19 bits per heavy atom. The summed E-state index contributed by atoms with van der Waals surface area (Å²) in [7, 11) is 3.29. The number of nitrogens with zero attached hydrogens (tertiary/aromatic N) is 1. The van der Waals surface area contributed by atoms with Crippen molar-refractivity contribution >= 4 is 5.91 Å². The standard InChI is InChI=1S/C16H24N2O3/c1-20-9-7-18(8-10-21-2)16(19)15-11-13-5-3-4-6-14(13)12-17-15/h3-6,15,17H,7-12H2,1-2H3/t15-/m0/s1. The van der Waals surface area contributed by atoms with Crippen LogP contribution in [0.1, 0.15) is 11.1 Å². The van der Waals surface area contributed by atoms with E-state index in [-0.39, 0.29) is 11.9 Å². The van der Waals surface area contributed by atoms with E-state index < -0.39 is 0 Å². The topological polar surface area (TPSA) is 50.8 Å². The van der Waals surface area contributed by atoms with Crippen molar-refractivity contribution in [2.45, 2.75) is 19.0 Å². The van der Waals surface area contributed by atoms with E-state index in [1.165, 1.54) is 11.1 Å². The summed E-state index contributed by atoms with van der Waals surface area (Å²) in [6, 6.07) is 8.11. The van der Waals surface area contributed by atoms with Crippen molar-refractivity contribution in [3.8, 4) is 0 Å². The first kappa shape index (κ1) is 15.9. The van der Waals surface area contributed by atoms with Gasteiger partial charge in [-0.2, -0.15) is 0 Å². The summed E-state index contributed by atoms with van der Waals surface area (Å²) in [6.07, 6.45) is 0.742. The highest BCUT2D eigenvalue weighted by molar-refractivity contribution is 5.82. The fourth-order valence-electron chi connectivity index (χ4n) is 2.58. The highest BCUT2D eigenvalue weighted by atomic mass is 16.5. The van der Waals surface area contributed by atoms with Crippen molar-refractivity contribution in [2.75, 3.05) is 40.5 Å². The number of methoxy groups -OCH3 is 2. The number of fused-ring (bicyclic) bond motifs is 1. The van der Waals surface area contributed by atoms with Crippen molar-refractivity contribution in [3.05, 3.63) is 35.4 Å². The van der Waals surface area contributed by atoms with Crippen LogP contribution in [-0.4, -0.2) is 57.4 Å². The number of nitrogens with one attached hydrogen (secondary N) is 1. The fraction of sp³-hybridized carbons (Fsp3) is 0.562. The number of amides is 1. The molecule has 1 N–H and O–H groups in total. The van der Waals surface area contributed by atoms with Gasteiger partial charge in [0.1, 0.15) is 0 Å². The minimum atomic E-state index is -0.159. The Morgan fingerprint density at radius 3 is 2.43 bits per heavy atom. The zero-order valence-corrected chi connectivity index (χ0v) is 12.8. The van der Waals surface area contributed by atoms with Crippen LogP contribution in [0.25, 0.3) is 0 Å². The second-order valence-corrected chi connectivity index (χ2v) is 5.22. The molecule has 0 unspecified atom stereocenters. The molecule has 2 rings (SSSR count). The van der Waals surface area contributed by atoms with E-state index in [2.05, 4.69) is 17.4 Å². The molecule has 0 radical (unpaired) electrons. The molecule has 1 aliphatic rings. The van der Waals surface area contributed by atoms with E-state index in [4.69, 9.17) is 9.47 Å². The van der Waals surface area contributed by atoms with Crippen molar-refractivity contribution < 1.29 is 14.3 Å². The van der Waals surface area contributed by atoms with Gasteiger partial charge in [-0.05, 0) is 17.5 Å². The van der Waals surface area contributed by atoms with E-state index >= 15 is 0 Å². The van der Waals surface area contributed by atoms with Crippen molar-refractivity contribution in [3.63, 3.8) is 0 Å². The summed E-state index contributed by atoms with van der Waals surface area (Å²) in [6.45, 7) is 3.02. The first-order valence-corrected chi connectivity index (χ1v) is 7.33. The summed E-state index contributed by atoms with van der Waals surface area (Å²) < 4.78 is 10.2. The van der Waals surface area contributed by atoms with Crippen LogP contribution in [0.3, 0.4) is 0 Å². The molecule has 0 aromatic heterocycles. The van der Waals surface area contributed by atoms with Crippen molar-refractivity contribution in [2.24, 2.45) is 0 Å². The lowest BCUT2D eigenvalue weighted by Crippen LogP contribution is -2.51. The third kappa shape index (κ3) is 4.27. The van der Waals surface area contributed by atoms with Gasteiger partial charge in [-0.25, -0.2) is 0 Å². The van der Waals surface area contributed by atoms with Gasteiger partial charge in [-0.1, -0.05) is 24.3 Å². The molecule has 5 heteroatoms. The third-order valence-corrected chi connectivity index (χ3v) is 3.82. The molecule has 0 bridgehead atoms. The highest BCUT2D eigenvalue weighted by Crippen LogP contribution is 2.17. The predicted octanol–water partition coefficient (Wildman–Crippen LogP) is 0.822. The highest BCUT2D eigenvalue weighted by Gasteiger charge is 2.27. The Morgan fingerprint density at radius 2 is 1.81 bits per heavy atom. The molecule has 5 nitrogen and oxygen atoms in total. The maximum absolute atomic E-state index is 12.7. The van der Waals surface area contributed by atoms with Gasteiger partial charge < -0.3 is 19.7 Å². The first-order valence-electron chi connectivity index (χ1n) is 7.33. The maximum atomic E-state index is 12.7. The zero-order valence-electron chi connectivity index (χ0n) is 12.8. The Hall–Kier alpha value is -1.43. The van der Waals surface area contributed by atoms with Crippen LogP contribution in [0.5, 0.6) is 0 Å². The van der Waals surface area contributed by atoms with Crippen LogP contribution >= 0.6 is 0 Å². The van der Waals surface area contributed by atoms with Gasteiger partial charge in [0.15, 0.2) is 0 Å². The van der Waals surface area contributed by atoms with Crippen LogP contribution in [0.4, 0.5) is 0 Å². The molecule has 21 heavy (non-hydrogen) atoms. The normalized spacial score (nSPS) is 17.3. The number of carbonyl (C=O) groups excluding carboxylic acids is 1. The van der Waals surface area contributed by atoms with Crippen molar-refractivity contribution in [1.29, 1.82) is 0 Å². The van der Waals surface area contributed by atoms with Gasteiger partial charge in [0.05, 0.1) is 19.3 Å². The molecular weight excluding hydrogens is 268 g/mol. The molecule has 116 valence electrons. The lowest BCUT2D eigenvalue weighted by Gasteiger charge is -2.31. The molecule has 1 amide bonds. The molecule has 1 aromatic rings. The van der Waals surface area contributed by atoms with E-state index in [0.717, 1.165) is 13.0 Å². The molecule has 0 saturated carbocycles. The largest absolute Gasteiger partial charge is 0.383 e. The summed E-state index contributed by atoms with van der Waals surface area (Å²) >= 11 is 0. The SMILES string of the molecule is COCCN(CCOC)C(=O)[C@@H]1Cc2ccccc2CN1. The zero-order chi connectivity index (χ0) is 15.1. The van der Waals surface area contributed by atoms with E-state index in [9.17, 15) is 4.79 Å². The minimum Gasteiger partial charge on any atom is -0.383 e. The van der Waals surface area contributed by atoms with Crippen LogP contribution in [-0.2, 0) is 27.2 Å². The Balaban J connectivity index is 2.00. The maximum Gasteiger partial charge on any atom is 0.240 e. The molecule has 0 spiro atoms. The third-order valence-electron chi connectivity index (χ3n) is 3.82. The van der Waals surface area contributed by atoms with E-state index in [1.54, 1.807) is 14.2 Å². The monoisotopic (exact) mass is 292 g/mol. The van der Waals surface area contributed by atoms with Crippen LogP contribution in [0, 0.1) is 0 Å². The van der Waals surface area contributed by atoms with Gasteiger partial charge in [0.25, 0.3) is 0 Å². The number of hydrogen-bond donors (Lipinski definition) is 1. The van der Waals surface area contributed by atoms with Crippen LogP contribution in [0.2, 0.25) is 0 Å². The lowest BCUT2D eigenvalue weighted by atomic mass is 9.95. The molecule has 1 atom stereocenters. The number of ether oxygens (including phenoxy) is 2. The smallest absolute Gasteiger partial charge is 0.240 e. The first-order chi connectivity index (χ1) is 10.3. The minimum absolute atomic E-state index is 0.124. The number of carbonyl (C=O) groups is 1. The average molecular weight is 292 g/mol.